The number of carbonyl (C=O) groups is 1. The van der Waals surface area contributed by atoms with Crippen molar-refractivity contribution in [3.05, 3.63) is 94.2 Å². The maximum atomic E-state index is 13.3. The lowest BCUT2D eigenvalue weighted by Gasteiger charge is -2.38. The van der Waals surface area contributed by atoms with Gasteiger partial charge in [0.25, 0.3) is 5.91 Å². The van der Waals surface area contributed by atoms with Crippen molar-refractivity contribution in [2.45, 2.75) is 6.17 Å². The van der Waals surface area contributed by atoms with Crippen molar-refractivity contribution in [2.75, 3.05) is 10.2 Å². The number of hydrogen-bond acceptors (Lipinski definition) is 2. The Morgan fingerprint density at radius 1 is 0.920 bits per heavy atom. The van der Waals surface area contributed by atoms with E-state index in [1.54, 1.807) is 23.1 Å². The smallest absolute Gasteiger partial charge is 0.262 e. The molecular weight excluding hydrogens is 383 g/mol. The summed E-state index contributed by atoms with van der Waals surface area (Å²) >= 11 is 3.43. The zero-order valence-corrected chi connectivity index (χ0v) is 14.7. The van der Waals surface area contributed by atoms with E-state index in [1.165, 1.54) is 12.1 Å². The molecule has 0 saturated carbocycles. The van der Waals surface area contributed by atoms with E-state index in [-0.39, 0.29) is 17.9 Å². The van der Waals surface area contributed by atoms with Crippen LogP contribution in [0.15, 0.2) is 77.3 Å². The van der Waals surface area contributed by atoms with E-state index in [2.05, 4.69) is 21.2 Å². The van der Waals surface area contributed by atoms with Crippen molar-refractivity contribution >= 4 is 33.2 Å². The standard InChI is InChI=1S/C20H14BrFN2O/c21-14-7-5-13(6-8-14)19-23-18-4-2-1-3-17(18)20(25)24(19)16-11-9-15(22)10-12-16/h1-12,19,23H/t19-/m1/s1. The summed E-state index contributed by atoms with van der Waals surface area (Å²) in [5.74, 6) is -0.448. The molecule has 1 N–H and O–H groups in total. The normalized spacial score (nSPS) is 16.3. The highest BCUT2D eigenvalue weighted by molar-refractivity contribution is 9.10. The molecule has 25 heavy (non-hydrogen) atoms. The average Bonchev–Trinajstić information content (AvgIpc) is 2.63. The number of rotatable bonds is 2. The molecule has 1 atom stereocenters. The Bertz CT molecular complexity index is 925. The third-order valence-electron chi connectivity index (χ3n) is 4.22. The summed E-state index contributed by atoms with van der Waals surface area (Å²) in [5, 5.41) is 3.42. The summed E-state index contributed by atoms with van der Waals surface area (Å²) in [4.78, 5) is 14.8. The lowest BCUT2D eigenvalue weighted by atomic mass is 10.0. The second-order valence-electron chi connectivity index (χ2n) is 5.80. The van der Waals surface area contributed by atoms with Gasteiger partial charge in [0.15, 0.2) is 0 Å². The van der Waals surface area contributed by atoms with Gasteiger partial charge in [0.05, 0.1) is 5.56 Å². The minimum atomic E-state index is -0.374. The fraction of sp³-hybridized carbons (Fsp3) is 0.0500. The monoisotopic (exact) mass is 396 g/mol. The molecular formula is C20H14BrFN2O. The van der Waals surface area contributed by atoms with Crippen molar-refractivity contribution in [2.24, 2.45) is 0 Å². The number of nitrogens with one attached hydrogen (secondary N) is 1. The molecule has 0 fully saturated rings. The number of nitrogens with zero attached hydrogens (tertiary/aromatic N) is 1. The van der Waals surface area contributed by atoms with Gasteiger partial charge in [0, 0.05) is 15.8 Å². The minimum absolute atomic E-state index is 0.117. The first-order chi connectivity index (χ1) is 12.1. The molecule has 4 rings (SSSR count). The van der Waals surface area contributed by atoms with E-state index in [0.717, 1.165) is 15.7 Å². The van der Waals surface area contributed by atoms with Crippen molar-refractivity contribution in [3.63, 3.8) is 0 Å². The molecule has 3 aromatic rings. The first kappa shape index (κ1) is 15.8. The Hall–Kier alpha value is -2.66. The van der Waals surface area contributed by atoms with Crippen LogP contribution in [0.4, 0.5) is 15.8 Å². The molecule has 0 bridgehead atoms. The van der Waals surface area contributed by atoms with Gasteiger partial charge in [-0.15, -0.1) is 0 Å². The van der Waals surface area contributed by atoms with Crippen LogP contribution in [0, 0.1) is 5.82 Å². The summed E-state index contributed by atoms with van der Waals surface area (Å²) < 4.78 is 14.3. The van der Waals surface area contributed by atoms with Gasteiger partial charge >= 0.3 is 0 Å². The van der Waals surface area contributed by atoms with E-state index >= 15 is 0 Å². The molecule has 0 unspecified atom stereocenters. The van der Waals surface area contributed by atoms with Gasteiger partial charge in [0.1, 0.15) is 12.0 Å². The Labute approximate surface area is 153 Å². The first-order valence-electron chi connectivity index (χ1n) is 7.83. The molecule has 124 valence electrons. The topological polar surface area (TPSA) is 32.3 Å². The van der Waals surface area contributed by atoms with Crippen LogP contribution in [-0.4, -0.2) is 5.91 Å². The van der Waals surface area contributed by atoms with Crippen LogP contribution in [0.2, 0.25) is 0 Å². The van der Waals surface area contributed by atoms with Crippen molar-refractivity contribution in [1.29, 1.82) is 0 Å². The lowest BCUT2D eigenvalue weighted by molar-refractivity contribution is 0.0975. The SMILES string of the molecule is O=C1c2ccccc2N[C@@H](c2ccc(Br)cc2)N1c1ccc(F)cc1. The first-order valence-corrected chi connectivity index (χ1v) is 8.63. The lowest BCUT2D eigenvalue weighted by Crippen LogP contribution is -2.43. The fourth-order valence-corrected chi connectivity index (χ4v) is 3.26. The van der Waals surface area contributed by atoms with Crippen LogP contribution in [0.3, 0.4) is 0 Å². The maximum Gasteiger partial charge on any atom is 0.262 e. The molecule has 0 radical (unpaired) electrons. The number of amides is 1. The van der Waals surface area contributed by atoms with Crippen LogP contribution in [0.1, 0.15) is 22.1 Å². The summed E-state index contributed by atoms with van der Waals surface area (Å²) in [5.41, 5.74) is 2.97. The molecule has 3 nitrogen and oxygen atoms in total. The van der Waals surface area contributed by atoms with Crippen LogP contribution >= 0.6 is 15.9 Å². The number of anilines is 2. The van der Waals surface area contributed by atoms with Gasteiger partial charge in [-0.2, -0.15) is 0 Å². The van der Waals surface area contributed by atoms with Crippen molar-refractivity contribution in [1.82, 2.24) is 0 Å². The molecule has 1 aliphatic rings. The van der Waals surface area contributed by atoms with E-state index < -0.39 is 0 Å². The van der Waals surface area contributed by atoms with E-state index in [0.29, 0.717) is 11.3 Å². The third-order valence-corrected chi connectivity index (χ3v) is 4.75. The number of hydrogen-bond donors (Lipinski definition) is 1. The van der Waals surface area contributed by atoms with E-state index in [1.807, 2.05) is 42.5 Å². The molecule has 3 aromatic carbocycles. The average molecular weight is 397 g/mol. The molecule has 1 aliphatic heterocycles. The highest BCUT2D eigenvalue weighted by atomic mass is 79.9. The van der Waals surface area contributed by atoms with Gasteiger partial charge < -0.3 is 5.32 Å². The Morgan fingerprint density at radius 3 is 2.32 bits per heavy atom. The minimum Gasteiger partial charge on any atom is -0.360 e. The van der Waals surface area contributed by atoms with Crippen molar-refractivity contribution in [3.8, 4) is 0 Å². The van der Waals surface area contributed by atoms with Crippen LogP contribution in [-0.2, 0) is 0 Å². The van der Waals surface area contributed by atoms with Gasteiger partial charge in [-0.1, -0.05) is 40.2 Å². The number of fused-ring (bicyclic) bond motifs is 1. The summed E-state index contributed by atoms with van der Waals surface area (Å²) in [6.45, 7) is 0. The predicted octanol–water partition coefficient (Wildman–Crippen LogP) is 5.36. The quantitative estimate of drug-likeness (QED) is 0.632. The Kier molecular flexibility index (Phi) is 4.01. The van der Waals surface area contributed by atoms with Crippen LogP contribution in [0.25, 0.3) is 0 Å². The van der Waals surface area contributed by atoms with Crippen LogP contribution in [0.5, 0.6) is 0 Å². The Morgan fingerprint density at radius 2 is 1.60 bits per heavy atom. The number of carbonyl (C=O) groups excluding carboxylic acids is 1. The van der Waals surface area contributed by atoms with E-state index in [9.17, 15) is 9.18 Å². The summed E-state index contributed by atoms with van der Waals surface area (Å²) in [6.07, 6.45) is -0.374. The maximum absolute atomic E-state index is 13.3. The second kappa shape index (κ2) is 6.33. The second-order valence-corrected chi connectivity index (χ2v) is 6.71. The van der Waals surface area contributed by atoms with Gasteiger partial charge in [0.2, 0.25) is 0 Å². The summed E-state index contributed by atoms with van der Waals surface area (Å²) in [6, 6.07) is 21.2. The third kappa shape index (κ3) is 2.91. The molecule has 0 aromatic heterocycles. The predicted molar refractivity (Wildman–Crippen MR) is 100 cm³/mol. The molecule has 5 heteroatoms. The molecule has 1 amide bonds. The zero-order valence-electron chi connectivity index (χ0n) is 13.1. The number of para-hydroxylation sites is 1. The number of benzene rings is 3. The molecule has 0 spiro atoms. The van der Waals surface area contributed by atoms with Gasteiger partial charge in [-0.25, -0.2) is 4.39 Å². The highest BCUT2D eigenvalue weighted by Crippen LogP contribution is 2.36. The summed E-state index contributed by atoms with van der Waals surface area (Å²) in [7, 11) is 0. The Balaban J connectivity index is 1.85. The zero-order chi connectivity index (χ0) is 17.4. The number of halogens is 2. The van der Waals surface area contributed by atoms with Crippen molar-refractivity contribution < 1.29 is 9.18 Å². The molecule has 0 saturated heterocycles. The van der Waals surface area contributed by atoms with Gasteiger partial charge in [-0.3, -0.25) is 9.69 Å². The molecule has 1 heterocycles. The van der Waals surface area contributed by atoms with Crippen LogP contribution < -0.4 is 10.2 Å². The van der Waals surface area contributed by atoms with E-state index in [4.69, 9.17) is 0 Å². The van der Waals surface area contributed by atoms with Gasteiger partial charge in [-0.05, 0) is 54.1 Å². The highest BCUT2D eigenvalue weighted by Gasteiger charge is 2.33. The molecule has 0 aliphatic carbocycles. The largest absolute Gasteiger partial charge is 0.360 e. The fourth-order valence-electron chi connectivity index (χ4n) is 3.00.